The number of halogens is 1. The number of nitrogens with one attached hydrogen (secondary N) is 1. The number of allylic oxidation sites excluding steroid dienone is 1. The van der Waals surface area contributed by atoms with Crippen LogP contribution in [0, 0.1) is 10.1 Å². The molecule has 0 bridgehead atoms. The van der Waals surface area contributed by atoms with Crippen LogP contribution in [0.4, 0.5) is 5.69 Å². The Kier molecular flexibility index (Phi) is 4.11. The number of hydrogen-bond donors (Lipinski definition) is 1. The van der Waals surface area contributed by atoms with E-state index in [1.54, 1.807) is 0 Å². The monoisotopic (exact) mass is 281 g/mol. The van der Waals surface area contributed by atoms with Crippen LogP contribution in [-0.2, 0) is 0 Å². The third-order valence-corrected chi connectivity index (χ3v) is 3.19. The molecule has 1 heterocycles. The molecule has 1 aromatic heterocycles. The van der Waals surface area contributed by atoms with Crippen LogP contribution in [0.3, 0.4) is 0 Å². The van der Waals surface area contributed by atoms with E-state index in [4.69, 9.17) is 11.6 Å². The summed E-state index contributed by atoms with van der Waals surface area (Å²) < 4.78 is 0. The lowest BCUT2D eigenvalue weighted by Crippen LogP contribution is -2.35. The van der Waals surface area contributed by atoms with E-state index in [9.17, 15) is 14.9 Å². The first-order valence-electron chi connectivity index (χ1n) is 5.84. The van der Waals surface area contributed by atoms with Crippen molar-refractivity contribution in [1.29, 1.82) is 0 Å². The zero-order chi connectivity index (χ0) is 13.8. The van der Waals surface area contributed by atoms with E-state index in [2.05, 4.69) is 16.4 Å². The Labute approximate surface area is 114 Å². The zero-order valence-corrected chi connectivity index (χ0v) is 10.8. The Balaban J connectivity index is 2.21. The molecule has 0 saturated heterocycles. The van der Waals surface area contributed by atoms with Crippen molar-refractivity contribution in [1.82, 2.24) is 10.3 Å². The second-order valence-electron chi connectivity index (χ2n) is 4.21. The van der Waals surface area contributed by atoms with Crippen molar-refractivity contribution >= 4 is 23.2 Å². The fourth-order valence-electron chi connectivity index (χ4n) is 1.97. The first-order chi connectivity index (χ1) is 9.09. The molecule has 1 N–H and O–H groups in total. The van der Waals surface area contributed by atoms with Gasteiger partial charge in [-0.25, -0.2) is 4.98 Å². The molecule has 1 aliphatic rings. The van der Waals surface area contributed by atoms with Crippen molar-refractivity contribution in [3.05, 3.63) is 45.2 Å². The van der Waals surface area contributed by atoms with E-state index in [1.807, 2.05) is 6.08 Å². The van der Waals surface area contributed by atoms with Gasteiger partial charge in [-0.1, -0.05) is 23.8 Å². The van der Waals surface area contributed by atoms with Crippen molar-refractivity contribution < 1.29 is 9.72 Å². The summed E-state index contributed by atoms with van der Waals surface area (Å²) >= 11 is 5.67. The van der Waals surface area contributed by atoms with Crippen molar-refractivity contribution in [3.63, 3.8) is 0 Å². The summed E-state index contributed by atoms with van der Waals surface area (Å²) in [5.74, 6) is -0.490. The molecule has 0 radical (unpaired) electrons. The molecule has 7 heteroatoms. The third-order valence-electron chi connectivity index (χ3n) is 2.91. The van der Waals surface area contributed by atoms with Crippen LogP contribution in [0.15, 0.2) is 24.4 Å². The number of carbonyl (C=O) groups is 1. The van der Waals surface area contributed by atoms with Gasteiger partial charge >= 0.3 is 5.69 Å². The lowest BCUT2D eigenvalue weighted by Gasteiger charge is -2.19. The van der Waals surface area contributed by atoms with Gasteiger partial charge in [0.25, 0.3) is 5.91 Å². The maximum atomic E-state index is 12.1. The highest BCUT2D eigenvalue weighted by Crippen LogP contribution is 2.26. The van der Waals surface area contributed by atoms with Gasteiger partial charge in [0, 0.05) is 12.2 Å². The van der Waals surface area contributed by atoms with Crippen LogP contribution in [0.25, 0.3) is 0 Å². The molecule has 0 aromatic carbocycles. The number of amides is 1. The number of aromatic nitrogens is 1. The third kappa shape index (κ3) is 3.08. The minimum absolute atomic E-state index is 0.00375. The molecule has 1 aromatic rings. The van der Waals surface area contributed by atoms with Gasteiger partial charge in [-0.3, -0.25) is 14.9 Å². The Morgan fingerprint density at radius 2 is 2.32 bits per heavy atom. The van der Waals surface area contributed by atoms with Gasteiger partial charge < -0.3 is 5.32 Å². The molecule has 100 valence electrons. The summed E-state index contributed by atoms with van der Waals surface area (Å²) in [6, 6.07) is 1.31. The predicted molar refractivity (Wildman–Crippen MR) is 70.1 cm³/mol. The van der Waals surface area contributed by atoms with E-state index >= 15 is 0 Å². The number of carbonyl (C=O) groups excluding carboxylic acids is 1. The molecular weight excluding hydrogens is 270 g/mol. The summed E-state index contributed by atoms with van der Waals surface area (Å²) in [5, 5.41) is 13.4. The molecule has 6 nitrogen and oxygen atoms in total. The first kappa shape index (κ1) is 13.5. The Hall–Kier alpha value is -1.95. The van der Waals surface area contributed by atoms with Crippen molar-refractivity contribution in [3.8, 4) is 0 Å². The fraction of sp³-hybridized carbons (Fsp3) is 0.333. The van der Waals surface area contributed by atoms with Crippen LogP contribution in [0.2, 0.25) is 5.15 Å². The minimum atomic E-state index is -0.689. The van der Waals surface area contributed by atoms with Crippen LogP contribution < -0.4 is 5.32 Å². The summed E-state index contributed by atoms with van der Waals surface area (Å²) in [4.78, 5) is 25.9. The number of pyridine rings is 1. The lowest BCUT2D eigenvalue weighted by molar-refractivity contribution is -0.385. The SMILES string of the molecule is O=C(NC1CC=CCC1)c1ccnc(Cl)c1[N+](=O)[O-]. The predicted octanol–water partition coefficient (Wildman–Crippen LogP) is 2.48. The largest absolute Gasteiger partial charge is 0.349 e. The maximum absolute atomic E-state index is 12.1. The molecule has 0 aliphatic heterocycles. The van der Waals surface area contributed by atoms with Crippen molar-refractivity contribution in [2.75, 3.05) is 0 Å². The van der Waals surface area contributed by atoms with Gasteiger partial charge in [0.2, 0.25) is 5.15 Å². The summed E-state index contributed by atoms with van der Waals surface area (Å²) in [6.45, 7) is 0. The smallest absolute Gasteiger partial charge is 0.319 e. The van der Waals surface area contributed by atoms with Crippen LogP contribution in [-0.4, -0.2) is 21.9 Å². The quantitative estimate of drug-likeness (QED) is 0.399. The normalized spacial score (nSPS) is 18.1. The van der Waals surface area contributed by atoms with Crippen molar-refractivity contribution in [2.45, 2.75) is 25.3 Å². The van der Waals surface area contributed by atoms with E-state index in [0.29, 0.717) is 0 Å². The second kappa shape index (κ2) is 5.79. The summed E-state index contributed by atoms with van der Waals surface area (Å²) in [5.41, 5.74) is -0.507. The van der Waals surface area contributed by atoms with Crippen LogP contribution in [0.1, 0.15) is 29.6 Å². The molecule has 0 spiro atoms. The highest BCUT2D eigenvalue weighted by Gasteiger charge is 2.26. The van der Waals surface area contributed by atoms with Crippen molar-refractivity contribution in [2.24, 2.45) is 0 Å². The van der Waals surface area contributed by atoms with E-state index < -0.39 is 16.5 Å². The minimum Gasteiger partial charge on any atom is -0.349 e. The highest BCUT2D eigenvalue weighted by atomic mass is 35.5. The number of rotatable bonds is 3. The van der Waals surface area contributed by atoms with E-state index in [1.165, 1.54) is 12.3 Å². The summed E-state index contributed by atoms with van der Waals surface area (Å²) in [7, 11) is 0. The Morgan fingerprint density at radius 3 is 2.95 bits per heavy atom. The molecular formula is C12H12ClN3O3. The molecule has 1 amide bonds. The molecule has 0 saturated carbocycles. The standard InChI is InChI=1S/C12H12ClN3O3/c13-11-10(16(18)19)9(6-7-14-11)12(17)15-8-4-2-1-3-5-8/h1-2,6-8H,3-5H2,(H,15,17). The molecule has 1 unspecified atom stereocenters. The molecule has 1 atom stereocenters. The Morgan fingerprint density at radius 1 is 1.53 bits per heavy atom. The molecule has 19 heavy (non-hydrogen) atoms. The lowest BCUT2D eigenvalue weighted by atomic mass is 10.0. The number of hydrogen-bond acceptors (Lipinski definition) is 4. The average Bonchev–Trinajstić information content (AvgIpc) is 2.39. The average molecular weight is 282 g/mol. The zero-order valence-electron chi connectivity index (χ0n) is 10.0. The maximum Gasteiger partial charge on any atom is 0.319 e. The van der Waals surface area contributed by atoms with Gasteiger partial charge in [0.1, 0.15) is 5.56 Å². The number of nitro groups is 1. The van der Waals surface area contributed by atoms with Gasteiger partial charge in [-0.15, -0.1) is 0 Å². The highest BCUT2D eigenvalue weighted by molar-refractivity contribution is 6.32. The van der Waals surface area contributed by atoms with Crippen LogP contribution >= 0.6 is 11.6 Å². The fourth-order valence-corrected chi connectivity index (χ4v) is 2.20. The van der Waals surface area contributed by atoms with Gasteiger partial charge in [-0.2, -0.15) is 0 Å². The molecule has 1 aliphatic carbocycles. The van der Waals surface area contributed by atoms with E-state index in [-0.39, 0.29) is 16.8 Å². The number of nitrogens with zero attached hydrogens (tertiary/aromatic N) is 2. The Bertz CT molecular complexity index is 545. The topological polar surface area (TPSA) is 85.1 Å². The van der Waals surface area contributed by atoms with Crippen LogP contribution in [0.5, 0.6) is 0 Å². The molecule has 2 rings (SSSR count). The van der Waals surface area contributed by atoms with Gasteiger partial charge in [0.05, 0.1) is 4.92 Å². The first-order valence-corrected chi connectivity index (χ1v) is 6.22. The van der Waals surface area contributed by atoms with Gasteiger partial charge in [-0.05, 0) is 25.3 Å². The van der Waals surface area contributed by atoms with E-state index in [0.717, 1.165) is 19.3 Å². The summed E-state index contributed by atoms with van der Waals surface area (Å²) in [6.07, 6.45) is 7.78. The van der Waals surface area contributed by atoms with Gasteiger partial charge in [0.15, 0.2) is 0 Å². The second-order valence-corrected chi connectivity index (χ2v) is 4.57. The molecule has 0 fully saturated rings.